The monoisotopic (exact) mass is 1010 g/mol. The molecule has 0 radical (unpaired) electrons. The normalized spacial score (nSPS) is 12.2. The highest BCUT2D eigenvalue weighted by molar-refractivity contribution is 7.00. The van der Waals surface area contributed by atoms with Gasteiger partial charge in [0, 0.05) is 79.8 Å². The van der Waals surface area contributed by atoms with Crippen LogP contribution in [0.25, 0.3) is 33.1 Å². The number of anilines is 12. The number of ether oxygens (including phenoxy) is 1. The highest BCUT2D eigenvalue weighted by atomic mass is 16.5. The van der Waals surface area contributed by atoms with E-state index in [0.717, 1.165) is 101 Å². The Hall–Kier alpha value is -10.5. The molecule has 6 nitrogen and oxygen atoms in total. The average molecular weight is 1010 g/mol. The summed E-state index contributed by atoms with van der Waals surface area (Å²) in [6.45, 7) is -0.00501. The average Bonchev–Trinajstić information content (AvgIpc) is 3.94. The fourth-order valence-corrected chi connectivity index (χ4v) is 12.0. The maximum Gasteiger partial charge on any atom is 0.252 e. The zero-order valence-electron chi connectivity index (χ0n) is 43.0. The molecule has 12 aromatic carbocycles. The van der Waals surface area contributed by atoms with E-state index in [-0.39, 0.29) is 6.71 Å². The summed E-state index contributed by atoms with van der Waals surface area (Å²) in [4.78, 5) is 9.57. The van der Waals surface area contributed by atoms with Gasteiger partial charge in [0.05, 0.1) is 11.4 Å². The molecule has 3 heterocycles. The Bertz CT molecular complexity index is 4230. The number of hydrogen-bond acceptors (Lipinski definition) is 6. The molecule has 0 saturated carbocycles. The molecule has 1 aromatic heterocycles. The molecule has 0 atom stereocenters. The summed E-state index contributed by atoms with van der Waals surface area (Å²) in [5.74, 6) is 1.39. The van der Waals surface area contributed by atoms with Gasteiger partial charge in [-0.05, 0) is 155 Å². The molecular formula is C72H49BN4O2. The molecule has 13 aromatic rings. The molecule has 7 heteroatoms. The first-order valence-corrected chi connectivity index (χ1v) is 26.8. The van der Waals surface area contributed by atoms with Crippen LogP contribution in [0.4, 0.5) is 68.2 Å². The molecule has 2 aliphatic rings. The van der Waals surface area contributed by atoms with E-state index in [9.17, 15) is 0 Å². The first-order valence-electron chi connectivity index (χ1n) is 26.8. The molecule has 15 rings (SSSR count). The predicted molar refractivity (Wildman–Crippen MR) is 329 cm³/mol. The molecule has 2 aliphatic heterocycles. The summed E-state index contributed by atoms with van der Waals surface area (Å²) in [5.41, 5.74) is 20.3. The number of rotatable bonds is 11. The van der Waals surface area contributed by atoms with Gasteiger partial charge in [-0.3, -0.25) is 0 Å². The number of para-hydroxylation sites is 8. The van der Waals surface area contributed by atoms with E-state index in [2.05, 4.69) is 305 Å². The van der Waals surface area contributed by atoms with Gasteiger partial charge in [-0.1, -0.05) is 158 Å². The second-order valence-corrected chi connectivity index (χ2v) is 20.1. The van der Waals surface area contributed by atoms with Gasteiger partial charge >= 0.3 is 0 Å². The van der Waals surface area contributed by atoms with Crippen LogP contribution in [0.15, 0.2) is 302 Å². The lowest BCUT2D eigenvalue weighted by Gasteiger charge is -2.45. The van der Waals surface area contributed by atoms with E-state index < -0.39 is 0 Å². The second kappa shape index (κ2) is 19.3. The molecule has 0 spiro atoms. The zero-order chi connectivity index (χ0) is 52.2. The van der Waals surface area contributed by atoms with Crippen LogP contribution in [-0.2, 0) is 0 Å². The number of benzene rings is 12. The van der Waals surface area contributed by atoms with E-state index in [1.165, 1.54) is 16.4 Å². The van der Waals surface area contributed by atoms with E-state index >= 15 is 0 Å². The summed E-state index contributed by atoms with van der Waals surface area (Å²) in [7, 11) is 0. The Labute approximate surface area is 459 Å². The number of fused-ring (bicyclic) bond motifs is 7. The zero-order valence-corrected chi connectivity index (χ0v) is 43.0. The minimum absolute atomic E-state index is 0.00501. The summed E-state index contributed by atoms with van der Waals surface area (Å²) in [5, 5.41) is 2.15. The van der Waals surface area contributed by atoms with Crippen molar-refractivity contribution in [1.29, 1.82) is 0 Å². The lowest BCUT2D eigenvalue weighted by atomic mass is 9.33. The molecule has 0 bridgehead atoms. The molecule has 79 heavy (non-hydrogen) atoms. The molecular weight excluding hydrogens is 964 g/mol. The third kappa shape index (κ3) is 8.07. The number of nitrogens with zero attached hydrogens (tertiary/aromatic N) is 4. The SMILES string of the molecule is c1ccc(N(c2ccccc2)c2cc(Oc3cccc(N(c4ccccc4)c4cc5c6c(c4)N(c4ccccc4)c4ccccc4B6c4ccccc4N5c4ccccc4)c3)cc(-c3ccc4oc5ccccc5c4c3)c2)cc1. The van der Waals surface area contributed by atoms with Gasteiger partial charge in [0.1, 0.15) is 22.7 Å². The van der Waals surface area contributed by atoms with Crippen LogP contribution in [0, 0.1) is 0 Å². The van der Waals surface area contributed by atoms with Gasteiger partial charge < -0.3 is 28.8 Å². The van der Waals surface area contributed by atoms with Gasteiger partial charge in [-0.15, -0.1) is 0 Å². The summed E-state index contributed by atoms with van der Waals surface area (Å²) in [6, 6.07) is 106. The van der Waals surface area contributed by atoms with Crippen molar-refractivity contribution < 1.29 is 9.15 Å². The Morgan fingerprint density at radius 2 is 0.772 bits per heavy atom. The lowest BCUT2D eigenvalue weighted by molar-refractivity contribution is 0.483. The van der Waals surface area contributed by atoms with Gasteiger partial charge in [0.15, 0.2) is 0 Å². The molecule has 0 amide bonds. The largest absolute Gasteiger partial charge is 0.457 e. The van der Waals surface area contributed by atoms with Crippen molar-refractivity contribution in [3.8, 4) is 22.6 Å². The van der Waals surface area contributed by atoms with E-state index in [1.54, 1.807) is 0 Å². The van der Waals surface area contributed by atoms with Crippen LogP contribution in [0.5, 0.6) is 11.5 Å². The number of hydrogen-bond donors (Lipinski definition) is 0. The quantitative estimate of drug-likeness (QED) is 0.120. The van der Waals surface area contributed by atoms with Crippen LogP contribution in [0.3, 0.4) is 0 Å². The standard InChI is InChI=1S/C72H49BN4O2/c1-6-23-52(24-7-1)74(53-25-8-2-9-26-53)58-43-51(50-41-42-71-63(45-50)62-35-16-21-40-70(62)79-71)44-61(47-58)78-60-34-22-33-57(46-60)75(54-27-10-3-11-28-54)59-48-68-72-69(49-59)77(56-31-14-5-15-32-56)67-39-20-18-37-65(67)73(72)64-36-17-19-38-66(64)76(68)55-29-12-4-13-30-55/h1-49H. The molecule has 0 fully saturated rings. The van der Waals surface area contributed by atoms with Crippen LogP contribution < -0.4 is 40.7 Å². The highest BCUT2D eigenvalue weighted by Crippen LogP contribution is 2.49. The number of furan rings is 1. The summed E-state index contributed by atoms with van der Waals surface area (Å²) in [6.07, 6.45) is 0. The molecule has 372 valence electrons. The topological polar surface area (TPSA) is 35.3 Å². The summed E-state index contributed by atoms with van der Waals surface area (Å²) < 4.78 is 13.5. The first-order chi connectivity index (χ1) is 39.2. The van der Waals surface area contributed by atoms with Crippen molar-refractivity contribution in [3.63, 3.8) is 0 Å². The lowest BCUT2D eigenvalue weighted by Crippen LogP contribution is -2.61. The smallest absolute Gasteiger partial charge is 0.252 e. The van der Waals surface area contributed by atoms with Gasteiger partial charge in [0.25, 0.3) is 6.71 Å². The molecule has 0 N–H and O–H groups in total. The minimum Gasteiger partial charge on any atom is -0.457 e. The third-order valence-corrected chi connectivity index (χ3v) is 15.4. The third-order valence-electron chi connectivity index (χ3n) is 15.4. The van der Waals surface area contributed by atoms with Crippen molar-refractivity contribution in [2.75, 3.05) is 19.6 Å². The van der Waals surface area contributed by atoms with Crippen molar-refractivity contribution in [2.24, 2.45) is 0 Å². The van der Waals surface area contributed by atoms with Crippen LogP contribution >= 0.6 is 0 Å². The Balaban J connectivity index is 0.912. The fourth-order valence-electron chi connectivity index (χ4n) is 12.0. The van der Waals surface area contributed by atoms with E-state index in [0.29, 0.717) is 11.5 Å². The van der Waals surface area contributed by atoms with Crippen LogP contribution in [-0.4, -0.2) is 6.71 Å². The van der Waals surface area contributed by atoms with Gasteiger partial charge in [-0.2, -0.15) is 0 Å². The Morgan fingerprint density at radius 1 is 0.304 bits per heavy atom. The second-order valence-electron chi connectivity index (χ2n) is 20.1. The summed E-state index contributed by atoms with van der Waals surface area (Å²) >= 11 is 0. The van der Waals surface area contributed by atoms with Crippen LogP contribution in [0.1, 0.15) is 0 Å². The predicted octanol–water partition coefficient (Wildman–Crippen LogP) is 18.1. The van der Waals surface area contributed by atoms with E-state index in [1.807, 2.05) is 12.1 Å². The molecule has 0 saturated heterocycles. The minimum atomic E-state index is -0.00501. The fraction of sp³-hybridized carbons (Fsp3) is 0. The maximum atomic E-state index is 7.21. The van der Waals surface area contributed by atoms with Crippen molar-refractivity contribution >= 4 is 113 Å². The van der Waals surface area contributed by atoms with Gasteiger partial charge in [-0.25, -0.2) is 0 Å². The highest BCUT2D eigenvalue weighted by Gasteiger charge is 2.43. The van der Waals surface area contributed by atoms with Crippen LogP contribution in [0.2, 0.25) is 0 Å². The van der Waals surface area contributed by atoms with Gasteiger partial charge in [0.2, 0.25) is 0 Å². The van der Waals surface area contributed by atoms with E-state index in [4.69, 9.17) is 9.15 Å². The Morgan fingerprint density at radius 3 is 1.37 bits per heavy atom. The van der Waals surface area contributed by atoms with Crippen molar-refractivity contribution in [3.05, 3.63) is 297 Å². The molecule has 0 unspecified atom stereocenters. The van der Waals surface area contributed by atoms with Crippen molar-refractivity contribution in [1.82, 2.24) is 0 Å². The maximum absolute atomic E-state index is 7.21. The van der Waals surface area contributed by atoms with Crippen molar-refractivity contribution in [2.45, 2.75) is 0 Å². The molecule has 0 aliphatic carbocycles. The first kappa shape index (κ1) is 45.9. The Kier molecular flexibility index (Phi) is 11.2.